The molecule has 0 spiro atoms. The van der Waals surface area contributed by atoms with E-state index in [0.29, 0.717) is 0 Å². The van der Waals surface area contributed by atoms with Gasteiger partial charge in [-0.25, -0.2) is 0 Å². The van der Waals surface area contributed by atoms with Crippen molar-refractivity contribution in [3.63, 3.8) is 0 Å². The van der Waals surface area contributed by atoms with Gasteiger partial charge >= 0.3 is 0 Å². The lowest BCUT2D eigenvalue weighted by Gasteiger charge is -2.48. The number of hydrogen-bond acceptors (Lipinski definition) is 3. The van der Waals surface area contributed by atoms with E-state index in [4.69, 9.17) is 4.42 Å². The van der Waals surface area contributed by atoms with Gasteiger partial charge in [0.25, 0.3) is 6.71 Å². The van der Waals surface area contributed by atoms with Crippen LogP contribution in [0.3, 0.4) is 0 Å². The molecule has 5 aliphatic rings. The highest BCUT2D eigenvalue weighted by Gasteiger charge is 2.49. The van der Waals surface area contributed by atoms with Crippen LogP contribution in [0.15, 0.2) is 95.4 Å². The molecule has 336 valence electrons. The first-order valence-electron chi connectivity index (χ1n) is 25.2. The third-order valence-corrected chi connectivity index (χ3v) is 18.2. The largest absolute Gasteiger partial charge is 0.457 e. The van der Waals surface area contributed by atoms with Crippen molar-refractivity contribution in [2.24, 2.45) is 0 Å². The minimum absolute atomic E-state index is 0.0389. The van der Waals surface area contributed by atoms with Crippen molar-refractivity contribution in [3.05, 3.63) is 136 Å². The molecule has 0 unspecified atom stereocenters. The molecule has 0 bridgehead atoms. The molecule has 4 heteroatoms. The van der Waals surface area contributed by atoms with Crippen LogP contribution in [0, 0.1) is 13.8 Å². The molecule has 6 aromatic carbocycles. The summed E-state index contributed by atoms with van der Waals surface area (Å²) < 4.78 is 7.51. The van der Waals surface area contributed by atoms with E-state index in [9.17, 15) is 0 Å². The van der Waals surface area contributed by atoms with Gasteiger partial charge in [0.1, 0.15) is 11.2 Å². The fraction of sp³-hybridized carbons (Fsp3) is 0.419. The predicted molar refractivity (Wildman–Crippen MR) is 283 cm³/mol. The SMILES string of the molecule is Cc1cc2c3c(c1)N(c1ccccc1C)c1ccc4c(oc5cc6c(cc54)C(C)(C)CCC6(C)C)c1B3c1cc3c(cc1N2c1ccc2c(c1)C(C)(C)CCC2(C)C)C(C)(C)CCC3(C)C. The Bertz CT molecular complexity index is 3260. The predicted octanol–water partition coefficient (Wildman–Crippen LogP) is 15.3. The lowest BCUT2D eigenvalue weighted by Crippen LogP contribution is -2.62. The first-order chi connectivity index (χ1) is 31.0. The van der Waals surface area contributed by atoms with Crippen molar-refractivity contribution < 1.29 is 4.42 Å². The Balaban J connectivity index is 1.23. The molecule has 3 nitrogen and oxygen atoms in total. The molecule has 1 aromatic heterocycles. The van der Waals surface area contributed by atoms with Crippen LogP contribution >= 0.6 is 0 Å². The summed E-state index contributed by atoms with van der Waals surface area (Å²) in [5.74, 6) is 0. The second-order valence-electron chi connectivity index (χ2n) is 25.5. The standard InChI is InChI=1S/C62H69BN2O/c1-36-29-51-54-52(30-36)65(48-18-16-15-17-37(48)2)49-22-20-39-40-32-43-46(62(13,14)28-25-59(43,7)8)35-53(40)66-56(39)55(49)63(54)47-33-44-45(61(11,12)27-26-60(44,9)10)34-50(47)64(51)38-19-21-41-42(31-38)58(5,6)24-23-57(41,3)4/h15-22,29-35H,23-28H2,1-14H3. The van der Waals surface area contributed by atoms with Crippen LogP contribution in [-0.2, 0) is 32.5 Å². The summed E-state index contributed by atoms with van der Waals surface area (Å²) in [5.41, 5.74) is 25.5. The second-order valence-corrected chi connectivity index (χ2v) is 25.5. The van der Waals surface area contributed by atoms with Crippen LogP contribution < -0.4 is 26.2 Å². The Labute approximate surface area is 395 Å². The van der Waals surface area contributed by atoms with Gasteiger partial charge in [-0.05, 0) is 206 Å². The lowest BCUT2D eigenvalue weighted by molar-refractivity contribution is 0.332. The Morgan fingerprint density at radius 3 is 1.58 bits per heavy atom. The van der Waals surface area contributed by atoms with Crippen LogP contribution in [0.2, 0.25) is 0 Å². The number of nitrogens with zero attached hydrogens (tertiary/aromatic N) is 2. The Morgan fingerprint density at radius 1 is 0.424 bits per heavy atom. The molecule has 0 atom stereocenters. The molecule has 66 heavy (non-hydrogen) atoms. The highest BCUT2D eigenvalue weighted by Crippen LogP contribution is 2.54. The molecule has 0 fully saturated rings. The van der Waals surface area contributed by atoms with Gasteiger partial charge in [-0.3, -0.25) is 0 Å². The fourth-order valence-corrected chi connectivity index (χ4v) is 13.6. The van der Waals surface area contributed by atoms with E-state index in [0.717, 1.165) is 11.2 Å². The molecule has 0 radical (unpaired) electrons. The topological polar surface area (TPSA) is 19.6 Å². The summed E-state index contributed by atoms with van der Waals surface area (Å²) in [6.07, 6.45) is 7.07. The van der Waals surface area contributed by atoms with Crippen LogP contribution in [0.1, 0.15) is 166 Å². The molecular formula is C62H69BN2O. The Kier molecular flexibility index (Phi) is 8.48. The quantitative estimate of drug-likeness (QED) is 0.161. The van der Waals surface area contributed by atoms with E-state index in [1.165, 1.54) is 144 Å². The number of anilines is 6. The monoisotopic (exact) mass is 869 g/mol. The van der Waals surface area contributed by atoms with E-state index < -0.39 is 0 Å². The van der Waals surface area contributed by atoms with Crippen molar-refractivity contribution >= 4 is 79.2 Å². The lowest BCUT2D eigenvalue weighted by atomic mass is 9.33. The van der Waals surface area contributed by atoms with Gasteiger partial charge in [0.15, 0.2) is 0 Å². The first-order valence-corrected chi connectivity index (χ1v) is 25.2. The number of hydrogen-bond donors (Lipinski definition) is 0. The second kappa shape index (κ2) is 13.3. The average molecular weight is 869 g/mol. The number of aryl methyl sites for hydroxylation is 2. The van der Waals surface area contributed by atoms with Gasteiger partial charge in [0.05, 0.1) is 0 Å². The van der Waals surface area contributed by atoms with Gasteiger partial charge < -0.3 is 14.2 Å². The van der Waals surface area contributed by atoms with E-state index in [2.05, 4.69) is 198 Å². The van der Waals surface area contributed by atoms with E-state index >= 15 is 0 Å². The number of fused-ring (bicyclic) bond motifs is 11. The molecule has 0 saturated carbocycles. The summed E-state index contributed by atoms with van der Waals surface area (Å²) in [6.45, 7) is 34.0. The van der Waals surface area contributed by atoms with Crippen molar-refractivity contribution in [1.82, 2.24) is 0 Å². The number of rotatable bonds is 2. The zero-order chi connectivity index (χ0) is 46.4. The summed E-state index contributed by atoms with van der Waals surface area (Å²) >= 11 is 0. The van der Waals surface area contributed by atoms with Crippen molar-refractivity contribution in [1.29, 1.82) is 0 Å². The average Bonchev–Trinajstić information content (AvgIpc) is 3.63. The van der Waals surface area contributed by atoms with Gasteiger partial charge in [-0.15, -0.1) is 0 Å². The molecule has 0 amide bonds. The van der Waals surface area contributed by atoms with Crippen molar-refractivity contribution in [2.45, 2.75) is 168 Å². The van der Waals surface area contributed by atoms with Gasteiger partial charge in [0, 0.05) is 44.9 Å². The van der Waals surface area contributed by atoms with Gasteiger partial charge in [-0.1, -0.05) is 113 Å². The normalized spacial score (nSPS) is 20.8. The molecule has 12 rings (SSSR count). The van der Waals surface area contributed by atoms with Crippen molar-refractivity contribution in [2.75, 3.05) is 9.80 Å². The molecule has 3 heterocycles. The zero-order valence-electron chi connectivity index (χ0n) is 42.3. The van der Waals surface area contributed by atoms with E-state index in [1.807, 2.05) is 0 Å². The van der Waals surface area contributed by atoms with Crippen molar-refractivity contribution in [3.8, 4) is 0 Å². The van der Waals surface area contributed by atoms with E-state index in [-0.39, 0.29) is 39.2 Å². The van der Waals surface area contributed by atoms with Crippen LogP contribution in [0.4, 0.5) is 34.1 Å². The van der Waals surface area contributed by atoms with Crippen LogP contribution in [-0.4, -0.2) is 6.71 Å². The van der Waals surface area contributed by atoms with Gasteiger partial charge in [0.2, 0.25) is 0 Å². The zero-order valence-corrected chi connectivity index (χ0v) is 42.3. The highest BCUT2D eigenvalue weighted by molar-refractivity contribution is 7.01. The summed E-state index contributed by atoms with van der Waals surface area (Å²) in [6, 6.07) is 36.5. The summed E-state index contributed by atoms with van der Waals surface area (Å²) in [7, 11) is 0. The van der Waals surface area contributed by atoms with Crippen LogP contribution in [0.5, 0.6) is 0 Å². The van der Waals surface area contributed by atoms with Crippen LogP contribution in [0.25, 0.3) is 21.9 Å². The first kappa shape index (κ1) is 42.2. The maximum absolute atomic E-state index is 7.51. The molecule has 2 aliphatic heterocycles. The fourth-order valence-electron chi connectivity index (χ4n) is 13.6. The maximum Gasteiger partial charge on any atom is 0.257 e. The third-order valence-electron chi connectivity index (χ3n) is 18.2. The molecule has 0 N–H and O–H groups in total. The number of furan rings is 1. The minimum atomic E-state index is -0.0528. The molecule has 3 aliphatic carbocycles. The number of benzene rings is 6. The molecule has 7 aromatic rings. The van der Waals surface area contributed by atoms with E-state index in [1.54, 1.807) is 0 Å². The molecule has 0 saturated heterocycles. The summed E-state index contributed by atoms with van der Waals surface area (Å²) in [5, 5.41) is 2.45. The maximum atomic E-state index is 7.51. The minimum Gasteiger partial charge on any atom is -0.457 e. The summed E-state index contributed by atoms with van der Waals surface area (Å²) in [4.78, 5) is 5.27. The Hall–Kier alpha value is -5.22. The third kappa shape index (κ3) is 5.75. The number of para-hydroxylation sites is 1. The van der Waals surface area contributed by atoms with Gasteiger partial charge in [-0.2, -0.15) is 0 Å². The molecular weight excluding hydrogens is 800 g/mol. The smallest absolute Gasteiger partial charge is 0.257 e. The Morgan fingerprint density at radius 2 is 0.955 bits per heavy atom. The highest BCUT2D eigenvalue weighted by atomic mass is 16.3.